The fraction of sp³-hybridized carbons (Fsp3) is 0.115. The van der Waals surface area contributed by atoms with E-state index in [1.807, 2.05) is 30.3 Å². The Morgan fingerprint density at radius 1 is 1.03 bits per heavy atom. The molecule has 1 heterocycles. The molecule has 0 spiro atoms. The molecule has 0 aliphatic rings. The Labute approximate surface area is 194 Å². The SMILES string of the molecule is C=C(C(=O)OC)N(Cc1ccc(-c2ccccn2)cc1)C(=O)C=Cc1ccc(C(F)(F)F)cc1. The van der Waals surface area contributed by atoms with E-state index in [4.69, 9.17) is 4.74 Å². The normalized spacial score (nSPS) is 11.3. The van der Waals surface area contributed by atoms with E-state index >= 15 is 0 Å². The molecule has 0 radical (unpaired) electrons. The summed E-state index contributed by atoms with van der Waals surface area (Å²) in [6.07, 6.45) is -0.227. The Kier molecular flexibility index (Phi) is 7.63. The zero-order chi connectivity index (χ0) is 24.7. The van der Waals surface area contributed by atoms with Crippen LogP contribution in [-0.4, -0.2) is 28.9 Å². The lowest BCUT2D eigenvalue weighted by atomic mass is 10.1. The van der Waals surface area contributed by atoms with Crippen molar-refractivity contribution in [2.75, 3.05) is 7.11 Å². The molecule has 0 aliphatic heterocycles. The lowest BCUT2D eigenvalue weighted by molar-refractivity contribution is -0.141. The van der Waals surface area contributed by atoms with E-state index in [0.717, 1.165) is 33.9 Å². The minimum atomic E-state index is -4.45. The number of nitrogens with zero attached hydrogens (tertiary/aromatic N) is 2. The van der Waals surface area contributed by atoms with E-state index < -0.39 is 23.6 Å². The molecule has 0 aliphatic carbocycles. The van der Waals surface area contributed by atoms with Crippen molar-refractivity contribution in [3.63, 3.8) is 0 Å². The van der Waals surface area contributed by atoms with E-state index in [1.54, 1.807) is 18.3 Å². The standard InChI is InChI=1S/C26H21F3N2O3/c1-18(25(33)34-2)31(17-20-6-11-21(12-7-20)23-5-3-4-16-30-23)24(32)15-10-19-8-13-22(14-9-19)26(27,28)29/h3-16H,1,17H2,2H3. The molecule has 5 nitrogen and oxygen atoms in total. The fourth-order valence-corrected chi connectivity index (χ4v) is 3.07. The third kappa shape index (κ3) is 6.19. The highest BCUT2D eigenvalue weighted by Crippen LogP contribution is 2.29. The summed E-state index contributed by atoms with van der Waals surface area (Å²) in [6.45, 7) is 3.70. The average Bonchev–Trinajstić information content (AvgIpc) is 2.85. The highest BCUT2D eigenvalue weighted by Gasteiger charge is 2.29. The maximum Gasteiger partial charge on any atom is 0.416 e. The first-order chi connectivity index (χ1) is 16.2. The highest BCUT2D eigenvalue weighted by atomic mass is 19.4. The lowest BCUT2D eigenvalue weighted by Gasteiger charge is -2.22. The van der Waals surface area contributed by atoms with E-state index in [1.165, 1.54) is 31.4 Å². The molecule has 8 heteroatoms. The number of aromatic nitrogens is 1. The second-order valence-electron chi connectivity index (χ2n) is 7.23. The summed E-state index contributed by atoms with van der Waals surface area (Å²) in [6, 6.07) is 17.2. The number of methoxy groups -OCH3 is 1. The molecule has 2 aromatic carbocycles. The summed E-state index contributed by atoms with van der Waals surface area (Å²) in [4.78, 5) is 30.3. The Morgan fingerprint density at radius 2 is 1.71 bits per heavy atom. The highest BCUT2D eigenvalue weighted by molar-refractivity contribution is 5.99. The summed E-state index contributed by atoms with van der Waals surface area (Å²) in [5, 5.41) is 0. The minimum absolute atomic E-state index is 0.0343. The van der Waals surface area contributed by atoms with Crippen molar-refractivity contribution < 1.29 is 27.5 Å². The Hall–Kier alpha value is -4.20. The third-order valence-corrected chi connectivity index (χ3v) is 4.92. The van der Waals surface area contributed by atoms with Crippen molar-refractivity contribution in [1.82, 2.24) is 9.88 Å². The van der Waals surface area contributed by atoms with Gasteiger partial charge in [-0.15, -0.1) is 0 Å². The second-order valence-corrected chi connectivity index (χ2v) is 7.23. The van der Waals surface area contributed by atoms with Crippen LogP contribution in [0.4, 0.5) is 13.2 Å². The number of ether oxygens (including phenoxy) is 1. The zero-order valence-electron chi connectivity index (χ0n) is 18.3. The van der Waals surface area contributed by atoms with Crippen LogP contribution in [0.2, 0.25) is 0 Å². The number of esters is 1. The first-order valence-electron chi connectivity index (χ1n) is 10.1. The first-order valence-corrected chi connectivity index (χ1v) is 10.1. The van der Waals surface area contributed by atoms with Crippen LogP contribution in [0.25, 0.3) is 17.3 Å². The van der Waals surface area contributed by atoms with Gasteiger partial charge in [0, 0.05) is 17.8 Å². The number of halogens is 3. The molecule has 0 unspecified atom stereocenters. The molecule has 0 fully saturated rings. The third-order valence-electron chi connectivity index (χ3n) is 4.92. The van der Waals surface area contributed by atoms with E-state index in [0.29, 0.717) is 5.56 Å². The second kappa shape index (κ2) is 10.6. The van der Waals surface area contributed by atoms with Crippen molar-refractivity contribution in [2.45, 2.75) is 12.7 Å². The van der Waals surface area contributed by atoms with Crippen LogP contribution in [0.5, 0.6) is 0 Å². The van der Waals surface area contributed by atoms with Crippen LogP contribution in [0.1, 0.15) is 16.7 Å². The number of pyridine rings is 1. The van der Waals surface area contributed by atoms with Gasteiger partial charge in [0.25, 0.3) is 5.91 Å². The number of alkyl halides is 3. The maximum atomic E-state index is 12.9. The van der Waals surface area contributed by atoms with Gasteiger partial charge in [-0.05, 0) is 41.5 Å². The van der Waals surface area contributed by atoms with Gasteiger partial charge in [-0.1, -0.05) is 49.0 Å². The molecular formula is C26H21F3N2O3. The zero-order valence-corrected chi connectivity index (χ0v) is 18.3. The Balaban J connectivity index is 1.79. The van der Waals surface area contributed by atoms with E-state index in [9.17, 15) is 22.8 Å². The van der Waals surface area contributed by atoms with Crippen LogP contribution in [0.15, 0.2) is 91.3 Å². The molecule has 174 valence electrons. The summed E-state index contributed by atoms with van der Waals surface area (Å²) < 4.78 is 42.9. The van der Waals surface area contributed by atoms with Gasteiger partial charge in [0.2, 0.25) is 0 Å². The summed E-state index contributed by atoms with van der Waals surface area (Å²) in [5.41, 5.74) is 1.84. The smallest absolute Gasteiger partial charge is 0.416 e. The van der Waals surface area contributed by atoms with Crippen molar-refractivity contribution in [2.24, 2.45) is 0 Å². The van der Waals surface area contributed by atoms with Gasteiger partial charge in [0.1, 0.15) is 5.70 Å². The molecule has 0 bridgehead atoms. The van der Waals surface area contributed by atoms with Gasteiger partial charge in [-0.25, -0.2) is 4.79 Å². The Bertz CT molecular complexity index is 1190. The lowest BCUT2D eigenvalue weighted by Crippen LogP contribution is -2.32. The van der Waals surface area contributed by atoms with E-state index in [2.05, 4.69) is 11.6 Å². The number of hydrogen-bond donors (Lipinski definition) is 0. The number of rotatable bonds is 7. The molecule has 0 saturated heterocycles. The molecule has 3 aromatic rings. The molecule has 3 rings (SSSR count). The molecular weight excluding hydrogens is 445 g/mol. The number of amides is 1. The van der Waals surface area contributed by atoms with Gasteiger partial charge in [-0.2, -0.15) is 13.2 Å². The van der Waals surface area contributed by atoms with Gasteiger partial charge < -0.3 is 4.74 Å². The van der Waals surface area contributed by atoms with Crippen molar-refractivity contribution in [1.29, 1.82) is 0 Å². The first kappa shape index (κ1) is 24.4. The molecule has 1 aromatic heterocycles. The van der Waals surface area contributed by atoms with Crippen LogP contribution in [0.3, 0.4) is 0 Å². The summed E-state index contributed by atoms with van der Waals surface area (Å²) in [5.74, 6) is -1.36. The predicted octanol–water partition coefficient (Wildman–Crippen LogP) is 5.50. The van der Waals surface area contributed by atoms with Crippen molar-refractivity contribution >= 4 is 18.0 Å². The van der Waals surface area contributed by atoms with Crippen molar-refractivity contribution in [3.8, 4) is 11.3 Å². The maximum absolute atomic E-state index is 12.9. The minimum Gasteiger partial charge on any atom is -0.464 e. The fourth-order valence-electron chi connectivity index (χ4n) is 3.07. The van der Waals surface area contributed by atoms with Crippen LogP contribution < -0.4 is 0 Å². The summed E-state index contributed by atoms with van der Waals surface area (Å²) >= 11 is 0. The number of carbonyl (C=O) groups excluding carboxylic acids is 2. The average molecular weight is 466 g/mol. The topological polar surface area (TPSA) is 59.5 Å². The van der Waals surface area contributed by atoms with Crippen molar-refractivity contribution in [3.05, 3.63) is 108 Å². The number of carbonyl (C=O) groups is 2. The molecule has 0 atom stereocenters. The molecule has 34 heavy (non-hydrogen) atoms. The monoisotopic (exact) mass is 466 g/mol. The van der Waals surface area contributed by atoms with Gasteiger partial charge in [0.05, 0.1) is 24.9 Å². The van der Waals surface area contributed by atoms with Gasteiger partial charge in [0.15, 0.2) is 0 Å². The van der Waals surface area contributed by atoms with Crippen LogP contribution in [0, 0.1) is 0 Å². The van der Waals surface area contributed by atoms with Crippen LogP contribution in [-0.2, 0) is 27.0 Å². The molecule has 1 amide bonds. The Morgan fingerprint density at radius 3 is 2.26 bits per heavy atom. The molecule has 0 N–H and O–H groups in total. The van der Waals surface area contributed by atoms with Gasteiger partial charge >= 0.3 is 12.1 Å². The quantitative estimate of drug-likeness (QED) is 0.341. The van der Waals surface area contributed by atoms with E-state index in [-0.39, 0.29) is 12.2 Å². The van der Waals surface area contributed by atoms with Crippen LogP contribution >= 0.6 is 0 Å². The van der Waals surface area contributed by atoms with Gasteiger partial charge in [-0.3, -0.25) is 14.7 Å². The number of hydrogen-bond acceptors (Lipinski definition) is 4. The molecule has 0 saturated carbocycles. The predicted molar refractivity (Wildman–Crippen MR) is 122 cm³/mol. The largest absolute Gasteiger partial charge is 0.464 e. The number of benzene rings is 2. The summed E-state index contributed by atoms with van der Waals surface area (Å²) in [7, 11) is 1.18.